The van der Waals surface area contributed by atoms with Crippen LogP contribution in [0.5, 0.6) is 17.2 Å². The Kier molecular flexibility index (Phi) is 7.96. The normalized spacial score (nSPS) is 10.7. The third kappa shape index (κ3) is 6.80. The smallest absolute Gasteiger partial charge is 0.387 e. The number of nitrogens with one attached hydrogen (secondary N) is 1. The fourth-order valence-electron chi connectivity index (χ4n) is 2.25. The van der Waals surface area contributed by atoms with Crippen LogP contribution in [0.25, 0.3) is 6.08 Å². The predicted octanol–water partition coefficient (Wildman–Crippen LogP) is 3.50. The van der Waals surface area contributed by atoms with E-state index in [2.05, 4.69) is 10.1 Å². The number of anilines is 1. The van der Waals surface area contributed by atoms with Crippen LogP contribution in [0.4, 0.5) is 14.5 Å². The highest BCUT2D eigenvalue weighted by Crippen LogP contribution is 2.26. The van der Waals surface area contributed by atoms with Gasteiger partial charge in [-0.25, -0.2) is 4.79 Å². The van der Waals surface area contributed by atoms with Crippen LogP contribution in [-0.2, 0) is 14.3 Å². The fraction of sp³-hybridized carbons (Fsp3) is 0.200. The summed E-state index contributed by atoms with van der Waals surface area (Å²) in [7, 11) is 3.00. The standard InChI is InChI=1S/C20H19F2NO6/c1-26-14-9-7-13(17(11-14)27-2)8-10-19(25)28-12-18(24)23-15-5-3-4-6-16(15)29-20(21)22/h3-11,20H,12H2,1-2H3,(H,23,24)/b10-8+. The van der Waals surface area contributed by atoms with Gasteiger partial charge in [-0.05, 0) is 30.3 Å². The van der Waals surface area contributed by atoms with Crippen molar-refractivity contribution in [3.63, 3.8) is 0 Å². The minimum absolute atomic E-state index is 0.0346. The van der Waals surface area contributed by atoms with Crippen molar-refractivity contribution in [2.45, 2.75) is 6.61 Å². The van der Waals surface area contributed by atoms with Crippen LogP contribution in [-0.4, -0.2) is 39.3 Å². The molecule has 1 N–H and O–H groups in total. The molecule has 0 fully saturated rings. The van der Waals surface area contributed by atoms with Crippen LogP contribution in [0.1, 0.15) is 5.56 Å². The largest absolute Gasteiger partial charge is 0.497 e. The van der Waals surface area contributed by atoms with E-state index < -0.39 is 25.1 Å². The molecule has 29 heavy (non-hydrogen) atoms. The van der Waals surface area contributed by atoms with Crippen molar-refractivity contribution in [3.05, 3.63) is 54.1 Å². The first-order chi connectivity index (χ1) is 13.9. The van der Waals surface area contributed by atoms with Gasteiger partial charge in [0, 0.05) is 17.7 Å². The highest BCUT2D eigenvalue weighted by atomic mass is 19.3. The number of benzene rings is 2. The molecule has 2 aromatic rings. The second kappa shape index (κ2) is 10.6. The fourth-order valence-corrected chi connectivity index (χ4v) is 2.25. The molecule has 0 atom stereocenters. The van der Waals surface area contributed by atoms with Crippen molar-refractivity contribution in [2.24, 2.45) is 0 Å². The number of ether oxygens (including phenoxy) is 4. The Hall–Kier alpha value is -3.62. The van der Waals surface area contributed by atoms with Crippen molar-refractivity contribution in [1.29, 1.82) is 0 Å². The number of methoxy groups -OCH3 is 2. The summed E-state index contributed by atoms with van der Waals surface area (Å²) in [6.07, 6.45) is 2.59. The third-order valence-electron chi connectivity index (χ3n) is 3.56. The first-order valence-corrected chi connectivity index (χ1v) is 8.33. The van der Waals surface area contributed by atoms with Gasteiger partial charge < -0.3 is 24.3 Å². The molecular weight excluding hydrogens is 388 g/mol. The van der Waals surface area contributed by atoms with Gasteiger partial charge in [0.15, 0.2) is 6.61 Å². The number of rotatable bonds is 9. The maximum atomic E-state index is 12.4. The SMILES string of the molecule is COc1ccc(/C=C/C(=O)OCC(=O)Nc2ccccc2OC(F)F)c(OC)c1. The molecule has 0 aliphatic rings. The number of hydrogen-bond acceptors (Lipinski definition) is 6. The summed E-state index contributed by atoms with van der Waals surface area (Å²) in [5.74, 6) is -0.598. The number of carbonyl (C=O) groups excluding carboxylic acids is 2. The first-order valence-electron chi connectivity index (χ1n) is 8.33. The molecular formula is C20H19F2NO6. The number of carbonyl (C=O) groups is 2. The molecule has 0 aliphatic carbocycles. The lowest BCUT2D eigenvalue weighted by atomic mass is 10.2. The molecule has 0 radical (unpaired) electrons. The lowest BCUT2D eigenvalue weighted by Crippen LogP contribution is -2.20. The zero-order valence-electron chi connectivity index (χ0n) is 15.7. The Morgan fingerprint density at radius 2 is 1.83 bits per heavy atom. The predicted molar refractivity (Wildman–Crippen MR) is 101 cm³/mol. The number of alkyl halides is 2. The number of esters is 1. The first kappa shape index (κ1) is 21.7. The molecule has 0 saturated heterocycles. The van der Waals surface area contributed by atoms with Crippen LogP contribution in [0.2, 0.25) is 0 Å². The molecule has 2 aromatic carbocycles. The van der Waals surface area contributed by atoms with E-state index in [1.54, 1.807) is 18.2 Å². The summed E-state index contributed by atoms with van der Waals surface area (Å²) in [5.41, 5.74) is 0.639. The van der Waals surface area contributed by atoms with Gasteiger partial charge in [-0.3, -0.25) is 4.79 Å². The quantitative estimate of drug-likeness (QED) is 0.506. The molecule has 2 rings (SSSR count). The van der Waals surface area contributed by atoms with E-state index in [0.717, 1.165) is 6.08 Å². The Bertz CT molecular complexity index is 885. The molecule has 0 heterocycles. The van der Waals surface area contributed by atoms with E-state index in [1.165, 1.54) is 44.6 Å². The van der Waals surface area contributed by atoms with Crippen LogP contribution < -0.4 is 19.5 Å². The Labute approximate surface area is 165 Å². The topological polar surface area (TPSA) is 83.1 Å². The third-order valence-corrected chi connectivity index (χ3v) is 3.56. The molecule has 0 unspecified atom stereocenters. The molecule has 0 bridgehead atoms. The lowest BCUT2D eigenvalue weighted by molar-refractivity contribution is -0.142. The van der Waals surface area contributed by atoms with Crippen molar-refractivity contribution in [2.75, 3.05) is 26.1 Å². The van der Waals surface area contributed by atoms with Crippen LogP contribution in [0.15, 0.2) is 48.5 Å². The number of halogens is 2. The van der Waals surface area contributed by atoms with E-state index in [4.69, 9.17) is 14.2 Å². The monoisotopic (exact) mass is 407 g/mol. The molecule has 0 saturated carbocycles. The molecule has 9 heteroatoms. The van der Waals surface area contributed by atoms with Gasteiger partial charge >= 0.3 is 12.6 Å². The zero-order chi connectivity index (χ0) is 21.2. The maximum Gasteiger partial charge on any atom is 0.387 e. The van der Waals surface area contributed by atoms with E-state index in [0.29, 0.717) is 17.1 Å². The Morgan fingerprint density at radius 1 is 1.07 bits per heavy atom. The average Bonchev–Trinajstić information content (AvgIpc) is 2.71. The molecule has 0 spiro atoms. The summed E-state index contributed by atoms with van der Waals surface area (Å²) >= 11 is 0. The Morgan fingerprint density at radius 3 is 2.52 bits per heavy atom. The van der Waals surface area contributed by atoms with Gasteiger partial charge in [0.05, 0.1) is 19.9 Å². The van der Waals surface area contributed by atoms with E-state index in [1.807, 2.05) is 0 Å². The second-order valence-electron chi connectivity index (χ2n) is 5.47. The summed E-state index contributed by atoms with van der Waals surface area (Å²) in [6.45, 7) is -3.64. The summed E-state index contributed by atoms with van der Waals surface area (Å²) in [6, 6.07) is 10.7. The average molecular weight is 407 g/mol. The summed E-state index contributed by atoms with van der Waals surface area (Å²) in [5, 5.41) is 2.34. The van der Waals surface area contributed by atoms with Gasteiger partial charge in [0.1, 0.15) is 17.2 Å². The molecule has 154 valence electrons. The Balaban J connectivity index is 1.91. The molecule has 1 amide bonds. The van der Waals surface area contributed by atoms with E-state index in [-0.39, 0.29) is 11.4 Å². The number of amides is 1. The van der Waals surface area contributed by atoms with Gasteiger partial charge in [-0.1, -0.05) is 12.1 Å². The second-order valence-corrected chi connectivity index (χ2v) is 5.47. The van der Waals surface area contributed by atoms with Gasteiger partial charge in [-0.2, -0.15) is 8.78 Å². The minimum Gasteiger partial charge on any atom is -0.497 e. The molecule has 7 nitrogen and oxygen atoms in total. The zero-order valence-corrected chi connectivity index (χ0v) is 15.7. The molecule has 0 aliphatic heterocycles. The molecule has 0 aromatic heterocycles. The van der Waals surface area contributed by atoms with Gasteiger partial charge in [0.2, 0.25) is 0 Å². The van der Waals surface area contributed by atoms with Crippen molar-refractivity contribution < 1.29 is 37.3 Å². The van der Waals surface area contributed by atoms with Crippen molar-refractivity contribution >= 4 is 23.6 Å². The highest BCUT2D eigenvalue weighted by molar-refractivity contribution is 5.95. The maximum absolute atomic E-state index is 12.4. The summed E-state index contributed by atoms with van der Waals surface area (Å²) in [4.78, 5) is 23.7. The van der Waals surface area contributed by atoms with E-state index in [9.17, 15) is 18.4 Å². The van der Waals surface area contributed by atoms with Crippen molar-refractivity contribution in [3.8, 4) is 17.2 Å². The van der Waals surface area contributed by atoms with Gasteiger partial charge in [-0.15, -0.1) is 0 Å². The van der Waals surface area contributed by atoms with E-state index >= 15 is 0 Å². The van der Waals surface area contributed by atoms with Gasteiger partial charge in [0.25, 0.3) is 5.91 Å². The lowest BCUT2D eigenvalue weighted by Gasteiger charge is -2.11. The van der Waals surface area contributed by atoms with Crippen LogP contribution in [0, 0.1) is 0 Å². The number of para-hydroxylation sites is 2. The minimum atomic E-state index is -3.04. The van der Waals surface area contributed by atoms with Crippen molar-refractivity contribution in [1.82, 2.24) is 0 Å². The highest BCUT2D eigenvalue weighted by Gasteiger charge is 2.12. The van der Waals surface area contributed by atoms with Crippen LogP contribution in [0.3, 0.4) is 0 Å². The van der Waals surface area contributed by atoms with Crippen LogP contribution >= 0.6 is 0 Å². The number of hydrogen-bond donors (Lipinski definition) is 1. The summed E-state index contributed by atoms with van der Waals surface area (Å²) < 4.78 is 44.2.